The van der Waals surface area contributed by atoms with Crippen LogP contribution < -0.4 is 0 Å². The number of imide groups is 1. The Balaban J connectivity index is 2.42. The smallest absolute Gasteiger partial charge is 0.254 e. The van der Waals surface area contributed by atoms with Crippen LogP contribution in [-0.4, -0.2) is 83.9 Å². The molecule has 0 aromatic rings. The van der Waals surface area contributed by atoms with Crippen LogP contribution in [0.15, 0.2) is 0 Å². The van der Waals surface area contributed by atoms with Gasteiger partial charge in [-0.3, -0.25) is 19.4 Å². The van der Waals surface area contributed by atoms with Crippen LogP contribution in [0.4, 0.5) is 0 Å². The third kappa shape index (κ3) is 4.69. The zero-order valence-corrected chi connectivity index (χ0v) is 10.5. The molecule has 0 aliphatic carbocycles. The van der Waals surface area contributed by atoms with Crippen LogP contribution in [0.1, 0.15) is 6.92 Å². The second-order valence-electron chi connectivity index (χ2n) is 4.25. The maximum atomic E-state index is 11.3. The molecule has 1 atom stereocenters. The molecule has 104 valence electrons. The summed E-state index contributed by atoms with van der Waals surface area (Å²) >= 11 is 0. The van der Waals surface area contributed by atoms with Gasteiger partial charge in [-0.15, -0.1) is 0 Å². The fourth-order valence-electron chi connectivity index (χ4n) is 1.84. The Bertz CT molecular complexity index is 291. The highest BCUT2D eigenvalue weighted by molar-refractivity contribution is 5.94. The third-order valence-corrected chi connectivity index (χ3v) is 2.78. The van der Waals surface area contributed by atoms with Gasteiger partial charge in [0.2, 0.25) is 5.91 Å². The number of carbonyl (C=O) groups is 2. The number of hydrogen-bond donors (Lipinski definition) is 2. The molecule has 0 saturated carbocycles. The largest absolute Gasteiger partial charge is 0.390 e. The number of nitrogens with zero attached hydrogens (tertiary/aromatic N) is 2. The molecular weight excluding hydrogens is 240 g/mol. The van der Waals surface area contributed by atoms with Crippen molar-refractivity contribution in [3.05, 3.63) is 0 Å². The summed E-state index contributed by atoms with van der Waals surface area (Å²) in [5.41, 5.74) is 0. The molecule has 1 aliphatic rings. The summed E-state index contributed by atoms with van der Waals surface area (Å²) in [6.07, 6.45) is -0.817. The van der Waals surface area contributed by atoms with E-state index in [-0.39, 0.29) is 6.54 Å². The minimum Gasteiger partial charge on any atom is -0.390 e. The normalized spacial score (nSPS) is 18.4. The summed E-state index contributed by atoms with van der Waals surface area (Å²) in [6.45, 7) is 3.49. The molecule has 7 nitrogen and oxygen atoms in total. The lowest BCUT2D eigenvalue weighted by Gasteiger charge is -2.30. The van der Waals surface area contributed by atoms with Gasteiger partial charge in [0.05, 0.1) is 25.9 Å². The molecule has 2 N–H and O–H groups in total. The molecule has 0 bridgehead atoms. The van der Waals surface area contributed by atoms with Crippen molar-refractivity contribution in [1.29, 1.82) is 0 Å². The Morgan fingerprint density at radius 3 is 2.50 bits per heavy atom. The highest BCUT2D eigenvalue weighted by Crippen LogP contribution is 2.01. The molecule has 0 aromatic carbocycles. The number of rotatable bonds is 5. The zero-order valence-electron chi connectivity index (χ0n) is 10.5. The van der Waals surface area contributed by atoms with Gasteiger partial charge < -0.3 is 14.9 Å². The van der Waals surface area contributed by atoms with Gasteiger partial charge in [-0.05, 0) is 0 Å². The van der Waals surface area contributed by atoms with E-state index in [1.807, 2.05) is 4.90 Å². The number of amides is 2. The zero-order chi connectivity index (χ0) is 13.5. The summed E-state index contributed by atoms with van der Waals surface area (Å²) in [5.74, 6) is -1.17. The molecule has 2 amide bonds. The van der Waals surface area contributed by atoms with E-state index >= 15 is 0 Å². The fraction of sp³-hybridized carbons (Fsp3) is 0.818. The summed E-state index contributed by atoms with van der Waals surface area (Å²) in [5, 5.41) is 18.6. The molecule has 1 aliphatic heterocycles. The maximum absolute atomic E-state index is 11.3. The molecule has 1 saturated heterocycles. The lowest BCUT2D eigenvalue weighted by Crippen LogP contribution is -2.47. The fourth-order valence-corrected chi connectivity index (χ4v) is 1.84. The first-order valence-corrected chi connectivity index (χ1v) is 5.94. The van der Waals surface area contributed by atoms with Crippen LogP contribution >= 0.6 is 0 Å². The Kier molecular flexibility index (Phi) is 6.20. The number of ether oxygens (including phenoxy) is 1. The van der Waals surface area contributed by atoms with Gasteiger partial charge in [0.25, 0.3) is 5.91 Å². The van der Waals surface area contributed by atoms with Crippen LogP contribution in [-0.2, 0) is 14.3 Å². The Morgan fingerprint density at radius 2 is 2.00 bits per heavy atom. The molecule has 1 unspecified atom stereocenters. The van der Waals surface area contributed by atoms with Crippen LogP contribution in [0.2, 0.25) is 0 Å². The Morgan fingerprint density at radius 1 is 1.39 bits per heavy atom. The molecule has 18 heavy (non-hydrogen) atoms. The number of β-amino-alcohol motifs (C(OH)–C–C–N with tert-alkyl or cyclic N) is 1. The molecule has 0 radical (unpaired) electrons. The van der Waals surface area contributed by atoms with Crippen LogP contribution in [0.25, 0.3) is 0 Å². The summed E-state index contributed by atoms with van der Waals surface area (Å²) in [6, 6.07) is 0. The van der Waals surface area contributed by atoms with E-state index < -0.39 is 24.5 Å². The maximum Gasteiger partial charge on any atom is 0.254 e. The van der Waals surface area contributed by atoms with Crippen molar-refractivity contribution in [2.45, 2.75) is 13.0 Å². The van der Waals surface area contributed by atoms with Crippen molar-refractivity contribution >= 4 is 11.8 Å². The van der Waals surface area contributed by atoms with Crippen molar-refractivity contribution in [2.75, 3.05) is 46.0 Å². The third-order valence-electron chi connectivity index (χ3n) is 2.78. The van der Waals surface area contributed by atoms with Crippen molar-refractivity contribution in [3.63, 3.8) is 0 Å². The first-order valence-electron chi connectivity index (χ1n) is 5.94. The van der Waals surface area contributed by atoms with Gasteiger partial charge in [-0.25, -0.2) is 0 Å². The lowest BCUT2D eigenvalue weighted by molar-refractivity contribution is -0.147. The minimum absolute atomic E-state index is 0.0912. The van der Waals surface area contributed by atoms with E-state index in [1.54, 1.807) is 0 Å². The average molecular weight is 260 g/mol. The van der Waals surface area contributed by atoms with Crippen LogP contribution in [0.5, 0.6) is 0 Å². The van der Waals surface area contributed by atoms with Gasteiger partial charge in [0.1, 0.15) is 6.61 Å². The number of morpholine rings is 1. The first-order chi connectivity index (χ1) is 8.54. The Labute approximate surface area is 106 Å². The van der Waals surface area contributed by atoms with E-state index in [4.69, 9.17) is 9.84 Å². The van der Waals surface area contributed by atoms with E-state index in [0.717, 1.165) is 18.0 Å². The second-order valence-corrected chi connectivity index (χ2v) is 4.25. The summed E-state index contributed by atoms with van der Waals surface area (Å²) in [7, 11) is 0. The van der Waals surface area contributed by atoms with E-state index in [1.165, 1.54) is 6.92 Å². The van der Waals surface area contributed by atoms with Gasteiger partial charge in [-0.2, -0.15) is 0 Å². The quantitative estimate of drug-likeness (QED) is 0.597. The molecule has 0 aromatic heterocycles. The highest BCUT2D eigenvalue weighted by atomic mass is 16.5. The second kappa shape index (κ2) is 7.42. The van der Waals surface area contributed by atoms with Gasteiger partial charge in [0.15, 0.2) is 0 Å². The first kappa shape index (κ1) is 15.0. The van der Waals surface area contributed by atoms with Crippen LogP contribution in [0.3, 0.4) is 0 Å². The van der Waals surface area contributed by atoms with E-state index in [0.29, 0.717) is 19.8 Å². The number of carbonyl (C=O) groups excluding carboxylic acids is 2. The van der Waals surface area contributed by atoms with E-state index in [9.17, 15) is 14.7 Å². The van der Waals surface area contributed by atoms with E-state index in [2.05, 4.69) is 0 Å². The summed E-state index contributed by atoms with van der Waals surface area (Å²) < 4.78 is 5.18. The van der Waals surface area contributed by atoms with Gasteiger partial charge >= 0.3 is 0 Å². The standard InChI is InChI=1S/C11H20N2O5/c1-9(15)13(11(17)8-14)7-10(16)6-12-2-4-18-5-3-12/h10,14,16H,2-8H2,1H3. The number of aliphatic hydroxyl groups is 2. The van der Waals surface area contributed by atoms with Crippen molar-refractivity contribution in [3.8, 4) is 0 Å². The van der Waals surface area contributed by atoms with Crippen LogP contribution in [0, 0.1) is 0 Å². The van der Waals surface area contributed by atoms with Crippen molar-refractivity contribution in [2.24, 2.45) is 0 Å². The SMILES string of the molecule is CC(=O)N(CC(O)CN1CCOCC1)C(=O)CO. The van der Waals surface area contributed by atoms with Gasteiger partial charge in [-0.1, -0.05) is 0 Å². The lowest BCUT2D eigenvalue weighted by atomic mass is 10.2. The highest BCUT2D eigenvalue weighted by Gasteiger charge is 2.22. The topological polar surface area (TPSA) is 90.3 Å². The number of aliphatic hydroxyl groups excluding tert-OH is 2. The summed E-state index contributed by atoms with van der Waals surface area (Å²) in [4.78, 5) is 25.4. The van der Waals surface area contributed by atoms with Gasteiger partial charge in [0, 0.05) is 26.6 Å². The van der Waals surface area contributed by atoms with Crippen molar-refractivity contribution < 1.29 is 24.5 Å². The Hall–Kier alpha value is -1.02. The molecule has 7 heteroatoms. The monoisotopic (exact) mass is 260 g/mol. The molecule has 1 rings (SSSR count). The molecular formula is C11H20N2O5. The minimum atomic E-state index is -0.817. The predicted molar refractivity (Wildman–Crippen MR) is 62.7 cm³/mol. The number of hydrogen-bond acceptors (Lipinski definition) is 6. The predicted octanol–water partition coefficient (Wildman–Crippen LogP) is -1.95. The van der Waals surface area contributed by atoms with Crippen molar-refractivity contribution in [1.82, 2.24) is 9.80 Å². The molecule has 1 fully saturated rings. The molecule has 0 spiro atoms. The molecule has 1 heterocycles. The average Bonchev–Trinajstić information content (AvgIpc) is 2.36.